The summed E-state index contributed by atoms with van der Waals surface area (Å²) in [4.78, 5) is 36.3. The molecule has 1 N–H and O–H groups in total. The van der Waals surface area contributed by atoms with Gasteiger partial charge in [-0.2, -0.15) is 0 Å². The number of rotatable bonds is 4. The SMILES string of the molecule is COc1cc2nc(N3CCN(C(=O)C4CCCO4)CC3)[nH]c(=O)c2cc1OC. The van der Waals surface area contributed by atoms with Gasteiger partial charge in [0, 0.05) is 38.9 Å². The van der Waals surface area contributed by atoms with E-state index in [1.54, 1.807) is 19.2 Å². The molecule has 2 saturated heterocycles. The highest BCUT2D eigenvalue weighted by molar-refractivity contribution is 5.83. The van der Waals surface area contributed by atoms with Gasteiger partial charge in [-0.1, -0.05) is 0 Å². The van der Waals surface area contributed by atoms with Crippen LogP contribution in [0.15, 0.2) is 16.9 Å². The first kappa shape index (κ1) is 18.5. The zero-order valence-electron chi connectivity index (χ0n) is 16.1. The van der Waals surface area contributed by atoms with E-state index in [-0.39, 0.29) is 17.6 Å². The van der Waals surface area contributed by atoms with Crippen molar-refractivity contribution in [2.75, 3.05) is 51.9 Å². The Morgan fingerprint density at radius 1 is 1.18 bits per heavy atom. The van der Waals surface area contributed by atoms with Crippen molar-refractivity contribution in [3.63, 3.8) is 0 Å². The molecule has 0 spiro atoms. The Labute approximate surface area is 162 Å². The molecule has 0 bridgehead atoms. The predicted molar refractivity (Wildman–Crippen MR) is 103 cm³/mol. The standard InChI is InChI=1S/C19H24N4O5/c1-26-15-10-12-13(11-16(15)27-2)20-19(21-17(12)24)23-7-5-22(6-8-23)18(25)14-4-3-9-28-14/h10-11,14H,3-9H2,1-2H3,(H,20,21,24). The Morgan fingerprint density at radius 2 is 1.89 bits per heavy atom. The molecule has 1 aromatic heterocycles. The van der Waals surface area contributed by atoms with Crippen molar-refractivity contribution in [3.05, 3.63) is 22.5 Å². The van der Waals surface area contributed by atoms with Crippen molar-refractivity contribution < 1.29 is 19.0 Å². The molecule has 150 valence electrons. The Balaban J connectivity index is 1.53. The summed E-state index contributed by atoms with van der Waals surface area (Å²) in [6, 6.07) is 3.33. The predicted octanol–water partition coefficient (Wildman–Crippen LogP) is 0.768. The molecular weight excluding hydrogens is 364 g/mol. The molecule has 1 aromatic carbocycles. The fraction of sp³-hybridized carbons (Fsp3) is 0.526. The number of anilines is 1. The highest BCUT2D eigenvalue weighted by Crippen LogP contribution is 2.30. The Kier molecular flexibility index (Phi) is 5.08. The number of piperazine rings is 1. The minimum atomic E-state index is -0.299. The Hall–Kier alpha value is -2.81. The van der Waals surface area contributed by atoms with Gasteiger partial charge in [0.05, 0.1) is 25.1 Å². The van der Waals surface area contributed by atoms with E-state index < -0.39 is 0 Å². The van der Waals surface area contributed by atoms with Crippen molar-refractivity contribution >= 4 is 22.8 Å². The second kappa shape index (κ2) is 7.67. The molecule has 1 atom stereocenters. The normalized spacial score (nSPS) is 19.9. The number of methoxy groups -OCH3 is 2. The quantitative estimate of drug-likeness (QED) is 0.826. The molecule has 0 aliphatic carbocycles. The van der Waals surface area contributed by atoms with Crippen LogP contribution >= 0.6 is 0 Å². The van der Waals surface area contributed by atoms with Crippen LogP contribution in [0, 0.1) is 0 Å². The van der Waals surface area contributed by atoms with Crippen LogP contribution in [0.5, 0.6) is 11.5 Å². The summed E-state index contributed by atoms with van der Waals surface area (Å²) in [5.74, 6) is 1.56. The molecule has 9 nitrogen and oxygen atoms in total. The maximum absolute atomic E-state index is 12.6. The molecule has 2 aliphatic heterocycles. The van der Waals surface area contributed by atoms with Crippen molar-refractivity contribution in [3.8, 4) is 11.5 Å². The van der Waals surface area contributed by atoms with Crippen LogP contribution in [0.4, 0.5) is 5.95 Å². The first-order chi connectivity index (χ1) is 13.6. The topological polar surface area (TPSA) is 97.0 Å². The first-order valence-corrected chi connectivity index (χ1v) is 9.42. The first-order valence-electron chi connectivity index (χ1n) is 9.42. The zero-order valence-corrected chi connectivity index (χ0v) is 16.1. The van der Waals surface area contributed by atoms with Crippen LogP contribution < -0.4 is 19.9 Å². The van der Waals surface area contributed by atoms with E-state index in [1.807, 2.05) is 9.80 Å². The van der Waals surface area contributed by atoms with E-state index in [1.165, 1.54) is 7.11 Å². The summed E-state index contributed by atoms with van der Waals surface area (Å²) >= 11 is 0. The number of nitrogens with one attached hydrogen (secondary N) is 1. The smallest absolute Gasteiger partial charge is 0.260 e. The Bertz CT molecular complexity index is 930. The van der Waals surface area contributed by atoms with Crippen LogP contribution in [0.1, 0.15) is 12.8 Å². The molecular formula is C19H24N4O5. The summed E-state index contributed by atoms with van der Waals surface area (Å²) in [6.07, 6.45) is 1.43. The van der Waals surface area contributed by atoms with Gasteiger partial charge >= 0.3 is 0 Å². The van der Waals surface area contributed by atoms with E-state index >= 15 is 0 Å². The highest BCUT2D eigenvalue weighted by Gasteiger charge is 2.30. The van der Waals surface area contributed by atoms with Crippen LogP contribution in [-0.4, -0.2) is 73.9 Å². The van der Waals surface area contributed by atoms with E-state index in [2.05, 4.69) is 9.97 Å². The maximum atomic E-state index is 12.6. The second-order valence-corrected chi connectivity index (χ2v) is 6.93. The van der Waals surface area contributed by atoms with E-state index in [9.17, 15) is 9.59 Å². The number of H-pyrrole nitrogens is 1. The van der Waals surface area contributed by atoms with Gasteiger partial charge in [-0.3, -0.25) is 14.6 Å². The van der Waals surface area contributed by atoms with E-state index in [0.29, 0.717) is 61.1 Å². The van der Waals surface area contributed by atoms with Crippen LogP contribution in [0.3, 0.4) is 0 Å². The monoisotopic (exact) mass is 388 g/mol. The molecule has 2 aromatic rings. The lowest BCUT2D eigenvalue weighted by molar-refractivity contribution is -0.141. The zero-order chi connectivity index (χ0) is 19.7. The number of ether oxygens (including phenoxy) is 3. The van der Waals surface area contributed by atoms with Crippen molar-refractivity contribution in [2.45, 2.75) is 18.9 Å². The summed E-state index contributed by atoms with van der Waals surface area (Å²) in [5, 5.41) is 0.439. The number of amides is 1. The van der Waals surface area contributed by atoms with Gasteiger partial charge in [0.1, 0.15) is 6.10 Å². The fourth-order valence-electron chi connectivity index (χ4n) is 3.72. The molecule has 2 fully saturated rings. The van der Waals surface area contributed by atoms with Gasteiger partial charge in [-0.15, -0.1) is 0 Å². The number of hydrogen-bond donors (Lipinski definition) is 1. The van der Waals surface area contributed by atoms with Gasteiger partial charge in [0.15, 0.2) is 11.5 Å². The van der Waals surface area contributed by atoms with Gasteiger partial charge in [-0.05, 0) is 18.9 Å². The lowest BCUT2D eigenvalue weighted by atomic mass is 10.2. The van der Waals surface area contributed by atoms with Crippen molar-refractivity contribution in [1.82, 2.24) is 14.9 Å². The highest BCUT2D eigenvalue weighted by atomic mass is 16.5. The van der Waals surface area contributed by atoms with Crippen LogP contribution in [0.2, 0.25) is 0 Å². The molecule has 1 unspecified atom stereocenters. The molecule has 4 rings (SSSR count). The van der Waals surface area contributed by atoms with Crippen LogP contribution in [-0.2, 0) is 9.53 Å². The number of nitrogens with zero attached hydrogens (tertiary/aromatic N) is 3. The Morgan fingerprint density at radius 3 is 2.54 bits per heavy atom. The van der Waals surface area contributed by atoms with E-state index in [4.69, 9.17) is 14.2 Å². The van der Waals surface area contributed by atoms with Crippen molar-refractivity contribution in [2.24, 2.45) is 0 Å². The van der Waals surface area contributed by atoms with Crippen LogP contribution in [0.25, 0.3) is 10.9 Å². The third-order valence-electron chi connectivity index (χ3n) is 5.29. The van der Waals surface area contributed by atoms with Gasteiger partial charge in [0.25, 0.3) is 11.5 Å². The van der Waals surface area contributed by atoms with Gasteiger partial charge in [0.2, 0.25) is 5.95 Å². The maximum Gasteiger partial charge on any atom is 0.260 e. The number of benzene rings is 1. The number of carbonyl (C=O) groups is 1. The summed E-state index contributed by atoms with van der Waals surface area (Å²) in [6.45, 7) is 3.01. The average Bonchev–Trinajstić information content (AvgIpc) is 3.27. The number of aromatic nitrogens is 2. The number of fused-ring (bicyclic) bond motifs is 1. The third kappa shape index (κ3) is 3.37. The largest absolute Gasteiger partial charge is 0.493 e. The third-order valence-corrected chi connectivity index (χ3v) is 5.29. The number of aromatic amines is 1. The molecule has 0 saturated carbocycles. The number of carbonyl (C=O) groups excluding carboxylic acids is 1. The molecule has 1 amide bonds. The molecule has 2 aliphatic rings. The minimum Gasteiger partial charge on any atom is -0.493 e. The molecule has 3 heterocycles. The minimum absolute atomic E-state index is 0.0638. The van der Waals surface area contributed by atoms with Gasteiger partial charge in [-0.25, -0.2) is 4.98 Å². The number of hydrogen-bond acceptors (Lipinski definition) is 7. The van der Waals surface area contributed by atoms with E-state index in [0.717, 1.165) is 12.8 Å². The molecule has 9 heteroatoms. The summed E-state index contributed by atoms with van der Waals surface area (Å²) in [5.41, 5.74) is 0.299. The van der Waals surface area contributed by atoms with Crippen molar-refractivity contribution in [1.29, 1.82) is 0 Å². The summed E-state index contributed by atoms with van der Waals surface area (Å²) in [7, 11) is 3.07. The fourth-order valence-corrected chi connectivity index (χ4v) is 3.72. The second-order valence-electron chi connectivity index (χ2n) is 6.93. The molecule has 28 heavy (non-hydrogen) atoms. The molecule has 0 radical (unpaired) electrons. The summed E-state index contributed by atoms with van der Waals surface area (Å²) < 4.78 is 16.1. The lowest BCUT2D eigenvalue weighted by Gasteiger charge is -2.36. The van der Waals surface area contributed by atoms with Gasteiger partial charge < -0.3 is 24.0 Å². The lowest BCUT2D eigenvalue weighted by Crippen LogP contribution is -2.52. The average molecular weight is 388 g/mol.